The molecule has 5 heteroatoms. The van der Waals surface area contributed by atoms with Gasteiger partial charge in [0.25, 0.3) is 0 Å². The molecule has 1 saturated heterocycles. The van der Waals surface area contributed by atoms with Crippen LogP contribution in [0.15, 0.2) is 54.6 Å². The van der Waals surface area contributed by atoms with E-state index >= 15 is 0 Å². The minimum absolute atomic E-state index is 0. The summed E-state index contributed by atoms with van der Waals surface area (Å²) in [5.41, 5.74) is 8.42. The van der Waals surface area contributed by atoms with Crippen LogP contribution in [0.3, 0.4) is 0 Å². The molecule has 0 spiro atoms. The van der Waals surface area contributed by atoms with Crippen LogP contribution in [0.1, 0.15) is 29.9 Å². The summed E-state index contributed by atoms with van der Waals surface area (Å²) in [4.78, 5) is 14.6. The highest BCUT2D eigenvalue weighted by Gasteiger charge is 2.34. The molecule has 27 heavy (non-hydrogen) atoms. The van der Waals surface area contributed by atoms with Gasteiger partial charge in [-0.1, -0.05) is 42.5 Å². The molecule has 2 N–H and O–H groups in total. The minimum atomic E-state index is 0. The highest BCUT2D eigenvalue weighted by atomic mass is 35.5. The van der Waals surface area contributed by atoms with E-state index in [-0.39, 0.29) is 18.3 Å². The molecule has 1 aliphatic rings. The Kier molecular flexibility index (Phi) is 8.14. The molecule has 4 nitrogen and oxygen atoms in total. The fraction of sp³-hybridized carbons (Fsp3) is 0.409. The zero-order valence-corrected chi connectivity index (χ0v) is 16.7. The van der Waals surface area contributed by atoms with Gasteiger partial charge in [0.15, 0.2) is 0 Å². The van der Waals surface area contributed by atoms with Gasteiger partial charge in [-0.25, -0.2) is 0 Å². The number of likely N-dealkylation sites (tertiary alicyclic amines) is 1. The predicted octanol–water partition coefficient (Wildman–Crippen LogP) is 3.78. The molecule has 1 aliphatic heterocycles. The maximum atomic E-state index is 12.6. The van der Waals surface area contributed by atoms with E-state index in [1.807, 2.05) is 42.2 Å². The number of halogens is 1. The van der Waals surface area contributed by atoms with Crippen LogP contribution in [-0.4, -0.2) is 37.0 Å². The monoisotopic (exact) mass is 388 g/mol. The van der Waals surface area contributed by atoms with Crippen LogP contribution in [0.25, 0.3) is 0 Å². The van der Waals surface area contributed by atoms with Crippen LogP contribution < -0.4 is 10.5 Å². The van der Waals surface area contributed by atoms with Gasteiger partial charge in [0.1, 0.15) is 5.75 Å². The van der Waals surface area contributed by atoms with Gasteiger partial charge in [-0.2, -0.15) is 0 Å². The van der Waals surface area contributed by atoms with Crippen LogP contribution in [0.5, 0.6) is 5.75 Å². The van der Waals surface area contributed by atoms with Gasteiger partial charge in [-0.3, -0.25) is 4.79 Å². The number of carbonyl (C=O) groups excluding carboxylic acids is 1. The summed E-state index contributed by atoms with van der Waals surface area (Å²) < 4.78 is 5.74. The number of carbonyl (C=O) groups is 1. The number of aryl methyl sites for hydroxylation is 1. The van der Waals surface area contributed by atoms with Crippen LogP contribution in [-0.2, 0) is 4.79 Å². The normalized spacial score (nSPS) is 18.8. The molecule has 1 amide bonds. The summed E-state index contributed by atoms with van der Waals surface area (Å²) in [6, 6.07) is 18.4. The van der Waals surface area contributed by atoms with Crippen molar-refractivity contribution in [2.24, 2.45) is 11.7 Å². The Bertz CT molecular complexity index is 723. The molecule has 0 unspecified atom stereocenters. The Balaban J connectivity index is 0.00000261. The second kappa shape index (κ2) is 10.3. The first-order valence-corrected chi connectivity index (χ1v) is 9.39. The van der Waals surface area contributed by atoms with E-state index in [1.165, 1.54) is 11.1 Å². The van der Waals surface area contributed by atoms with Gasteiger partial charge >= 0.3 is 0 Å². The molecule has 1 fully saturated rings. The van der Waals surface area contributed by atoms with Crippen molar-refractivity contribution in [3.05, 3.63) is 65.7 Å². The van der Waals surface area contributed by atoms with E-state index in [9.17, 15) is 4.79 Å². The summed E-state index contributed by atoms with van der Waals surface area (Å²) >= 11 is 0. The van der Waals surface area contributed by atoms with Gasteiger partial charge in [-0.05, 0) is 49.1 Å². The van der Waals surface area contributed by atoms with Gasteiger partial charge < -0.3 is 15.4 Å². The minimum Gasteiger partial charge on any atom is -0.494 e. The van der Waals surface area contributed by atoms with Crippen molar-refractivity contribution in [3.63, 3.8) is 0 Å². The highest BCUT2D eigenvalue weighted by molar-refractivity contribution is 5.85. The average molecular weight is 389 g/mol. The molecule has 2 aromatic carbocycles. The first kappa shape index (κ1) is 21.3. The Labute approximate surface area is 168 Å². The lowest BCUT2D eigenvalue weighted by atomic mass is 9.89. The highest BCUT2D eigenvalue weighted by Crippen LogP contribution is 2.32. The van der Waals surface area contributed by atoms with Gasteiger partial charge in [0, 0.05) is 25.4 Å². The summed E-state index contributed by atoms with van der Waals surface area (Å²) in [7, 11) is 0. The number of amides is 1. The van der Waals surface area contributed by atoms with Crippen molar-refractivity contribution in [3.8, 4) is 5.75 Å². The van der Waals surface area contributed by atoms with Crippen molar-refractivity contribution >= 4 is 18.3 Å². The summed E-state index contributed by atoms with van der Waals surface area (Å²) in [6.07, 6.45) is 1.25. The predicted molar refractivity (Wildman–Crippen MR) is 111 cm³/mol. The second-order valence-corrected chi connectivity index (χ2v) is 7.08. The zero-order chi connectivity index (χ0) is 18.4. The Hall–Kier alpha value is -2.04. The smallest absolute Gasteiger partial charge is 0.222 e. The van der Waals surface area contributed by atoms with Gasteiger partial charge in [0.2, 0.25) is 5.91 Å². The quantitative estimate of drug-likeness (QED) is 0.734. The summed E-state index contributed by atoms with van der Waals surface area (Å²) in [6.45, 7) is 4.74. The second-order valence-electron chi connectivity index (χ2n) is 7.08. The van der Waals surface area contributed by atoms with Gasteiger partial charge in [-0.15, -0.1) is 12.4 Å². The van der Waals surface area contributed by atoms with Crippen molar-refractivity contribution < 1.29 is 9.53 Å². The van der Waals surface area contributed by atoms with E-state index in [1.54, 1.807) is 0 Å². The Morgan fingerprint density at radius 1 is 1.15 bits per heavy atom. The van der Waals surface area contributed by atoms with Crippen molar-refractivity contribution in [1.29, 1.82) is 0 Å². The Morgan fingerprint density at radius 3 is 2.63 bits per heavy atom. The van der Waals surface area contributed by atoms with E-state index < -0.39 is 0 Å². The van der Waals surface area contributed by atoms with E-state index in [2.05, 4.69) is 24.3 Å². The summed E-state index contributed by atoms with van der Waals surface area (Å²) in [5, 5.41) is 0. The van der Waals surface area contributed by atoms with E-state index in [0.29, 0.717) is 31.4 Å². The molecule has 0 radical (unpaired) electrons. The molecule has 2 aromatic rings. The maximum Gasteiger partial charge on any atom is 0.222 e. The average Bonchev–Trinajstić information content (AvgIpc) is 3.10. The lowest BCUT2D eigenvalue weighted by Gasteiger charge is -2.17. The topological polar surface area (TPSA) is 55.6 Å². The standard InChI is InChI=1S/C22H28N2O2.ClH/c1-17-7-5-10-20(13-17)26-12-6-11-22(25)24-15-19(14-23)21(16-24)18-8-3-2-4-9-18;/h2-5,7-10,13,19,21H,6,11-12,14-16,23H2,1H3;1H/t19-,21+;/m1./s1. The fourth-order valence-corrected chi connectivity index (χ4v) is 3.67. The van der Waals surface area contributed by atoms with Crippen molar-refractivity contribution in [2.45, 2.75) is 25.7 Å². The lowest BCUT2D eigenvalue weighted by molar-refractivity contribution is -0.130. The number of hydrogen-bond acceptors (Lipinski definition) is 3. The SMILES string of the molecule is Cc1cccc(OCCCC(=O)N2C[C@@H](CN)[C@H](c3ccccc3)C2)c1.Cl. The molecule has 146 valence electrons. The number of rotatable bonds is 7. The number of nitrogens with zero attached hydrogens (tertiary/aromatic N) is 1. The maximum absolute atomic E-state index is 12.6. The number of nitrogens with two attached hydrogens (primary N) is 1. The van der Waals surface area contributed by atoms with Crippen LogP contribution >= 0.6 is 12.4 Å². The molecule has 0 bridgehead atoms. The number of ether oxygens (including phenoxy) is 1. The van der Waals surface area contributed by atoms with Crippen LogP contribution in [0, 0.1) is 12.8 Å². The lowest BCUT2D eigenvalue weighted by Crippen LogP contribution is -2.29. The van der Waals surface area contributed by atoms with E-state index in [4.69, 9.17) is 10.5 Å². The zero-order valence-electron chi connectivity index (χ0n) is 15.8. The molecular weight excluding hydrogens is 360 g/mol. The first-order valence-electron chi connectivity index (χ1n) is 9.39. The van der Waals surface area contributed by atoms with Crippen LogP contribution in [0.2, 0.25) is 0 Å². The molecule has 0 aromatic heterocycles. The molecule has 2 atom stereocenters. The molecular formula is C22H29ClN2O2. The third-order valence-electron chi connectivity index (χ3n) is 5.12. The molecule has 0 saturated carbocycles. The number of benzene rings is 2. The fourth-order valence-electron chi connectivity index (χ4n) is 3.67. The third-order valence-corrected chi connectivity index (χ3v) is 5.12. The van der Waals surface area contributed by atoms with E-state index in [0.717, 1.165) is 25.3 Å². The van der Waals surface area contributed by atoms with Crippen molar-refractivity contribution in [2.75, 3.05) is 26.2 Å². The Morgan fingerprint density at radius 2 is 1.93 bits per heavy atom. The number of hydrogen-bond donors (Lipinski definition) is 1. The van der Waals surface area contributed by atoms with Crippen molar-refractivity contribution in [1.82, 2.24) is 4.90 Å². The largest absolute Gasteiger partial charge is 0.494 e. The summed E-state index contributed by atoms with van der Waals surface area (Å²) in [5.74, 6) is 1.75. The first-order chi connectivity index (χ1) is 12.7. The molecule has 0 aliphatic carbocycles. The van der Waals surface area contributed by atoms with Crippen LogP contribution in [0.4, 0.5) is 0 Å². The third kappa shape index (κ3) is 5.72. The molecule has 1 heterocycles. The molecule has 3 rings (SSSR count). The van der Waals surface area contributed by atoms with Gasteiger partial charge in [0.05, 0.1) is 6.61 Å².